The summed E-state index contributed by atoms with van der Waals surface area (Å²) >= 11 is 12.8. The van der Waals surface area contributed by atoms with Crippen LogP contribution in [0.3, 0.4) is 0 Å². The predicted molar refractivity (Wildman–Crippen MR) is 172 cm³/mol. The van der Waals surface area contributed by atoms with Crippen molar-refractivity contribution < 1.29 is 22.4 Å². The summed E-state index contributed by atoms with van der Waals surface area (Å²) in [6.45, 7) is 2.82. The van der Waals surface area contributed by atoms with E-state index in [1.54, 1.807) is 32.0 Å². The van der Waals surface area contributed by atoms with E-state index >= 15 is 0 Å². The highest BCUT2D eigenvalue weighted by atomic mass is 35.5. The van der Waals surface area contributed by atoms with E-state index in [0.29, 0.717) is 5.56 Å². The second kappa shape index (κ2) is 14.7. The summed E-state index contributed by atoms with van der Waals surface area (Å²) in [6, 6.07) is 25.6. The van der Waals surface area contributed by atoms with Crippen molar-refractivity contribution in [3.05, 3.63) is 130 Å². The number of sulfonamides is 1. The highest BCUT2D eigenvalue weighted by molar-refractivity contribution is 7.92. The summed E-state index contributed by atoms with van der Waals surface area (Å²) in [4.78, 5) is 29.3. The van der Waals surface area contributed by atoms with Gasteiger partial charge in [0.15, 0.2) is 0 Å². The topological polar surface area (TPSA) is 86.8 Å². The summed E-state index contributed by atoms with van der Waals surface area (Å²) in [7, 11) is -4.33. The number of anilines is 1. The lowest BCUT2D eigenvalue weighted by molar-refractivity contribution is -0.140. The van der Waals surface area contributed by atoms with Crippen LogP contribution in [0.4, 0.5) is 10.1 Å². The molecule has 0 fully saturated rings. The van der Waals surface area contributed by atoms with E-state index in [2.05, 4.69) is 5.32 Å². The number of nitrogens with zero attached hydrogens (tertiary/aromatic N) is 2. The van der Waals surface area contributed by atoms with Crippen LogP contribution in [0.5, 0.6) is 0 Å². The first-order chi connectivity index (χ1) is 21.0. The summed E-state index contributed by atoms with van der Waals surface area (Å²) in [5.74, 6) is -1.55. The summed E-state index contributed by atoms with van der Waals surface area (Å²) in [5, 5.41) is 2.94. The molecule has 11 heteroatoms. The zero-order chi connectivity index (χ0) is 31.9. The minimum absolute atomic E-state index is 0.00402. The van der Waals surface area contributed by atoms with Crippen LogP contribution >= 0.6 is 23.2 Å². The van der Waals surface area contributed by atoms with E-state index in [9.17, 15) is 22.4 Å². The standard InChI is InChI=1S/C33H32Cl2FN3O4S/c1-23(2)37-33(41)30(20-24-10-5-3-6-11-24)38(21-25-16-18-26(36)19-17-25)31(40)22-39(29-15-9-14-28(34)32(29)35)44(42,43)27-12-7-4-8-13-27/h3-19,23,30H,20-22H2,1-2H3,(H,37,41). The van der Waals surface area contributed by atoms with Crippen molar-refractivity contribution >= 4 is 50.7 Å². The summed E-state index contributed by atoms with van der Waals surface area (Å²) < 4.78 is 42.7. The molecule has 1 unspecified atom stereocenters. The molecule has 0 aliphatic heterocycles. The first kappa shape index (κ1) is 33.0. The Morgan fingerprint density at radius 3 is 2.05 bits per heavy atom. The van der Waals surface area contributed by atoms with Gasteiger partial charge in [0.1, 0.15) is 18.4 Å². The lowest BCUT2D eigenvalue weighted by Crippen LogP contribution is -2.54. The number of benzene rings is 4. The Morgan fingerprint density at radius 1 is 0.818 bits per heavy atom. The predicted octanol–water partition coefficient (Wildman–Crippen LogP) is 6.49. The molecule has 0 radical (unpaired) electrons. The van der Waals surface area contributed by atoms with Gasteiger partial charge in [-0.05, 0) is 61.4 Å². The molecule has 1 N–H and O–H groups in total. The molecule has 0 bridgehead atoms. The van der Waals surface area contributed by atoms with Crippen LogP contribution in [0.15, 0.2) is 108 Å². The second-order valence-electron chi connectivity index (χ2n) is 10.4. The molecule has 44 heavy (non-hydrogen) atoms. The van der Waals surface area contributed by atoms with Crippen molar-refractivity contribution in [3.63, 3.8) is 0 Å². The van der Waals surface area contributed by atoms with Crippen molar-refractivity contribution in [3.8, 4) is 0 Å². The van der Waals surface area contributed by atoms with Crippen molar-refractivity contribution in [2.24, 2.45) is 0 Å². The Morgan fingerprint density at radius 2 is 1.43 bits per heavy atom. The molecule has 4 rings (SSSR count). The third-order valence-corrected chi connectivity index (χ3v) is 9.36. The number of rotatable bonds is 12. The maximum Gasteiger partial charge on any atom is 0.264 e. The number of carbonyl (C=O) groups is 2. The lowest BCUT2D eigenvalue weighted by atomic mass is 10.0. The number of carbonyl (C=O) groups excluding carboxylic acids is 2. The first-order valence-electron chi connectivity index (χ1n) is 13.9. The van der Waals surface area contributed by atoms with E-state index < -0.39 is 40.2 Å². The van der Waals surface area contributed by atoms with Gasteiger partial charge in [-0.15, -0.1) is 0 Å². The molecule has 0 spiro atoms. The molecule has 1 atom stereocenters. The van der Waals surface area contributed by atoms with Crippen LogP contribution in [0.25, 0.3) is 0 Å². The minimum Gasteiger partial charge on any atom is -0.352 e. The molecular formula is C33H32Cl2FN3O4S. The zero-order valence-corrected chi connectivity index (χ0v) is 26.5. The molecular weight excluding hydrogens is 624 g/mol. The Kier molecular flexibility index (Phi) is 11.0. The van der Waals surface area contributed by atoms with Crippen LogP contribution in [0.1, 0.15) is 25.0 Å². The fraction of sp³-hybridized carbons (Fsp3) is 0.212. The fourth-order valence-corrected chi connectivity index (χ4v) is 6.53. The van der Waals surface area contributed by atoms with Gasteiger partial charge >= 0.3 is 0 Å². The summed E-state index contributed by atoms with van der Waals surface area (Å²) in [5.41, 5.74) is 1.35. The van der Waals surface area contributed by atoms with Crippen LogP contribution in [0, 0.1) is 5.82 Å². The molecule has 0 saturated heterocycles. The molecule has 7 nitrogen and oxygen atoms in total. The van der Waals surface area contributed by atoms with Crippen LogP contribution in [0.2, 0.25) is 10.0 Å². The molecule has 0 saturated carbocycles. The van der Waals surface area contributed by atoms with E-state index in [0.717, 1.165) is 9.87 Å². The summed E-state index contributed by atoms with van der Waals surface area (Å²) in [6.07, 6.45) is 0.148. The van der Waals surface area contributed by atoms with E-state index in [1.807, 2.05) is 30.3 Å². The number of hydrogen-bond donors (Lipinski definition) is 1. The molecule has 230 valence electrons. The van der Waals surface area contributed by atoms with E-state index in [1.165, 1.54) is 59.5 Å². The van der Waals surface area contributed by atoms with E-state index in [4.69, 9.17) is 23.2 Å². The van der Waals surface area contributed by atoms with Crippen LogP contribution < -0.4 is 9.62 Å². The zero-order valence-electron chi connectivity index (χ0n) is 24.2. The normalized spacial score (nSPS) is 12.0. The number of nitrogens with one attached hydrogen (secondary N) is 1. The van der Waals surface area contributed by atoms with Gasteiger partial charge in [0.25, 0.3) is 10.0 Å². The van der Waals surface area contributed by atoms with Gasteiger partial charge in [-0.3, -0.25) is 13.9 Å². The molecule has 4 aromatic carbocycles. The number of halogens is 3. The second-order valence-corrected chi connectivity index (χ2v) is 13.1. The van der Waals surface area contributed by atoms with E-state index in [-0.39, 0.29) is 39.6 Å². The van der Waals surface area contributed by atoms with Crippen molar-refractivity contribution in [2.75, 3.05) is 10.8 Å². The van der Waals surface area contributed by atoms with Gasteiger partial charge in [-0.2, -0.15) is 0 Å². The van der Waals surface area contributed by atoms with Crippen LogP contribution in [-0.4, -0.2) is 43.8 Å². The monoisotopic (exact) mass is 655 g/mol. The average Bonchev–Trinajstić information content (AvgIpc) is 3.00. The Bertz CT molecular complexity index is 1690. The van der Waals surface area contributed by atoms with Gasteiger partial charge in [-0.1, -0.05) is 89.9 Å². The molecule has 0 aliphatic rings. The number of hydrogen-bond acceptors (Lipinski definition) is 4. The van der Waals surface area contributed by atoms with Gasteiger partial charge in [0, 0.05) is 19.0 Å². The van der Waals surface area contributed by atoms with Crippen molar-refractivity contribution in [1.82, 2.24) is 10.2 Å². The SMILES string of the molecule is CC(C)NC(=O)C(Cc1ccccc1)N(Cc1ccc(F)cc1)C(=O)CN(c1cccc(Cl)c1Cl)S(=O)(=O)c1ccccc1. The molecule has 2 amide bonds. The Hall–Kier alpha value is -3.92. The fourth-order valence-electron chi connectivity index (χ4n) is 4.64. The van der Waals surface area contributed by atoms with Crippen molar-refractivity contribution in [1.29, 1.82) is 0 Å². The lowest BCUT2D eigenvalue weighted by Gasteiger charge is -2.34. The average molecular weight is 657 g/mol. The van der Waals surface area contributed by atoms with Gasteiger partial charge < -0.3 is 10.2 Å². The Labute approximate surface area is 267 Å². The maximum absolute atomic E-state index is 14.4. The molecule has 0 aliphatic carbocycles. The van der Waals surface area contributed by atoms with Gasteiger partial charge in [-0.25, -0.2) is 12.8 Å². The van der Waals surface area contributed by atoms with Crippen LogP contribution in [-0.2, 0) is 32.6 Å². The minimum atomic E-state index is -4.33. The quantitative estimate of drug-likeness (QED) is 0.189. The molecule has 0 heterocycles. The largest absolute Gasteiger partial charge is 0.352 e. The van der Waals surface area contributed by atoms with Crippen molar-refractivity contribution in [2.45, 2.75) is 43.8 Å². The highest BCUT2D eigenvalue weighted by Crippen LogP contribution is 2.35. The first-order valence-corrected chi connectivity index (χ1v) is 16.1. The highest BCUT2D eigenvalue weighted by Gasteiger charge is 2.35. The smallest absolute Gasteiger partial charge is 0.264 e. The van der Waals surface area contributed by atoms with Gasteiger partial charge in [0.05, 0.1) is 20.6 Å². The third-order valence-electron chi connectivity index (χ3n) is 6.78. The number of amides is 2. The maximum atomic E-state index is 14.4. The van der Waals surface area contributed by atoms with Gasteiger partial charge in [0.2, 0.25) is 11.8 Å². The Balaban J connectivity index is 1.82. The molecule has 0 aromatic heterocycles. The molecule has 4 aromatic rings. The third kappa shape index (κ3) is 8.16.